The molecule has 1 aromatic rings. The van der Waals surface area contributed by atoms with Gasteiger partial charge >= 0.3 is 5.97 Å². The molecule has 0 bridgehead atoms. The quantitative estimate of drug-likeness (QED) is 0.593. The number of hydrogen-bond acceptors (Lipinski definition) is 4. The molecule has 0 saturated heterocycles. The van der Waals surface area contributed by atoms with Gasteiger partial charge < -0.3 is 19.9 Å². The molecule has 1 aromatic carbocycles. The monoisotopic (exact) mass is 351 g/mol. The fourth-order valence-corrected chi connectivity index (χ4v) is 2.63. The molecule has 142 valence electrons. The lowest BCUT2D eigenvalue weighted by atomic mass is 9.82. The van der Waals surface area contributed by atoms with Crippen molar-refractivity contribution in [2.24, 2.45) is 11.3 Å². The van der Waals surface area contributed by atoms with E-state index in [4.69, 9.17) is 9.47 Å². The van der Waals surface area contributed by atoms with E-state index in [1.54, 1.807) is 0 Å². The summed E-state index contributed by atoms with van der Waals surface area (Å²) in [5.74, 6) is 1.19. The lowest BCUT2D eigenvalue weighted by Gasteiger charge is -2.27. The maximum absolute atomic E-state index is 11.6. The van der Waals surface area contributed by atoms with Crippen molar-refractivity contribution in [3.63, 3.8) is 0 Å². The predicted octanol–water partition coefficient (Wildman–Crippen LogP) is 4.10. The van der Waals surface area contributed by atoms with E-state index in [1.807, 2.05) is 39.0 Å². The van der Waals surface area contributed by atoms with E-state index in [1.165, 1.54) is 0 Å². The molecule has 0 radical (unpaired) electrons. The van der Waals surface area contributed by atoms with Crippen molar-refractivity contribution < 1.29 is 19.4 Å². The molecule has 25 heavy (non-hydrogen) atoms. The van der Waals surface area contributed by atoms with Crippen molar-refractivity contribution >= 4 is 5.97 Å². The Bertz CT molecular complexity index is 538. The third kappa shape index (κ3) is 6.24. The van der Waals surface area contributed by atoms with Crippen LogP contribution in [0.25, 0.3) is 0 Å². The Hall–Kier alpha value is -1.75. The van der Waals surface area contributed by atoms with Crippen LogP contribution in [0.1, 0.15) is 53.0 Å². The second-order valence-electron chi connectivity index (χ2n) is 6.82. The van der Waals surface area contributed by atoms with Gasteiger partial charge in [0.05, 0.1) is 18.6 Å². The molecule has 5 nitrogen and oxygen atoms in total. The zero-order valence-corrected chi connectivity index (χ0v) is 16.2. The SMILES string of the molecule is CCOc1cc(CNCC(CC)(CC)C(=O)O)ccc1OCC(C)C. The summed E-state index contributed by atoms with van der Waals surface area (Å²) in [4.78, 5) is 11.6. The molecule has 0 amide bonds. The Labute approximate surface area is 151 Å². The minimum absolute atomic E-state index is 0.447. The third-order valence-corrected chi connectivity index (χ3v) is 4.48. The molecule has 0 spiro atoms. The molecule has 0 aliphatic rings. The Morgan fingerprint density at radius 1 is 1.16 bits per heavy atom. The van der Waals surface area contributed by atoms with Gasteiger partial charge in [-0.25, -0.2) is 0 Å². The molecule has 0 saturated carbocycles. The molecule has 0 heterocycles. The topological polar surface area (TPSA) is 67.8 Å². The van der Waals surface area contributed by atoms with E-state index >= 15 is 0 Å². The van der Waals surface area contributed by atoms with Crippen LogP contribution >= 0.6 is 0 Å². The van der Waals surface area contributed by atoms with Crippen LogP contribution in [0.15, 0.2) is 18.2 Å². The number of aliphatic carboxylic acids is 1. The van der Waals surface area contributed by atoms with E-state index in [2.05, 4.69) is 19.2 Å². The number of carbonyl (C=O) groups is 1. The lowest BCUT2D eigenvalue weighted by Crippen LogP contribution is -2.40. The van der Waals surface area contributed by atoms with Crippen molar-refractivity contribution in [1.29, 1.82) is 0 Å². The second-order valence-corrected chi connectivity index (χ2v) is 6.82. The molecule has 0 aliphatic heterocycles. The zero-order valence-electron chi connectivity index (χ0n) is 16.2. The average Bonchev–Trinajstić information content (AvgIpc) is 2.58. The molecule has 0 fully saturated rings. The van der Waals surface area contributed by atoms with Gasteiger partial charge in [0.1, 0.15) is 0 Å². The highest BCUT2D eigenvalue weighted by molar-refractivity contribution is 5.74. The van der Waals surface area contributed by atoms with Crippen LogP contribution in [-0.4, -0.2) is 30.8 Å². The van der Waals surface area contributed by atoms with Crippen LogP contribution < -0.4 is 14.8 Å². The van der Waals surface area contributed by atoms with E-state index < -0.39 is 11.4 Å². The van der Waals surface area contributed by atoms with E-state index in [-0.39, 0.29) is 0 Å². The molecule has 1 rings (SSSR count). The minimum atomic E-state index is -0.738. The number of nitrogens with one attached hydrogen (secondary N) is 1. The third-order valence-electron chi connectivity index (χ3n) is 4.48. The highest BCUT2D eigenvalue weighted by Gasteiger charge is 2.34. The van der Waals surface area contributed by atoms with Crippen LogP contribution in [0.3, 0.4) is 0 Å². The smallest absolute Gasteiger partial charge is 0.310 e. The number of rotatable bonds is 12. The normalized spacial score (nSPS) is 11.6. The van der Waals surface area contributed by atoms with E-state index in [9.17, 15) is 9.90 Å². The standard InChI is InChI=1S/C20H33NO4/c1-6-20(7-2,19(22)23)14-21-12-16-9-10-17(25-13-15(4)5)18(11-16)24-8-3/h9-11,15,21H,6-8,12-14H2,1-5H3,(H,22,23). The Balaban J connectivity index is 2.75. The van der Waals surface area contributed by atoms with Gasteiger partial charge in [-0.05, 0) is 43.4 Å². The first kappa shape index (κ1) is 21.3. The number of hydrogen-bond donors (Lipinski definition) is 2. The predicted molar refractivity (Wildman–Crippen MR) is 100 cm³/mol. The van der Waals surface area contributed by atoms with Gasteiger partial charge in [0.2, 0.25) is 0 Å². The van der Waals surface area contributed by atoms with Crippen LogP contribution in [0.4, 0.5) is 0 Å². The molecule has 0 aromatic heterocycles. The van der Waals surface area contributed by atoms with Crippen molar-refractivity contribution in [3.05, 3.63) is 23.8 Å². The van der Waals surface area contributed by atoms with Gasteiger partial charge in [-0.1, -0.05) is 33.8 Å². The molecule has 2 N–H and O–H groups in total. The summed E-state index contributed by atoms with van der Waals surface area (Å²) in [6.45, 7) is 12.3. The van der Waals surface area contributed by atoms with Gasteiger partial charge in [-0.2, -0.15) is 0 Å². The summed E-state index contributed by atoms with van der Waals surface area (Å²) in [7, 11) is 0. The molecule has 5 heteroatoms. The number of carboxylic acid groups (broad SMARTS) is 1. The highest BCUT2D eigenvalue weighted by Crippen LogP contribution is 2.29. The van der Waals surface area contributed by atoms with Gasteiger partial charge in [-0.3, -0.25) is 4.79 Å². The minimum Gasteiger partial charge on any atom is -0.490 e. The maximum atomic E-state index is 11.6. The summed E-state index contributed by atoms with van der Waals surface area (Å²) >= 11 is 0. The molecular weight excluding hydrogens is 318 g/mol. The highest BCUT2D eigenvalue weighted by atomic mass is 16.5. The summed E-state index contributed by atoms with van der Waals surface area (Å²) in [5, 5.41) is 12.8. The first-order valence-corrected chi connectivity index (χ1v) is 9.21. The largest absolute Gasteiger partial charge is 0.490 e. The summed E-state index contributed by atoms with van der Waals surface area (Å²) < 4.78 is 11.5. The number of carboxylic acids is 1. The Morgan fingerprint density at radius 2 is 1.84 bits per heavy atom. The van der Waals surface area contributed by atoms with Crippen LogP contribution in [0, 0.1) is 11.3 Å². The molecule has 0 aliphatic carbocycles. The second kappa shape index (κ2) is 10.3. The van der Waals surface area contributed by atoms with Crippen LogP contribution in [-0.2, 0) is 11.3 Å². The molecule has 0 atom stereocenters. The first-order valence-electron chi connectivity index (χ1n) is 9.21. The number of benzene rings is 1. The van der Waals surface area contributed by atoms with Gasteiger partial charge in [-0.15, -0.1) is 0 Å². The fraction of sp³-hybridized carbons (Fsp3) is 0.650. The fourth-order valence-electron chi connectivity index (χ4n) is 2.63. The Morgan fingerprint density at radius 3 is 2.36 bits per heavy atom. The zero-order chi connectivity index (χ0) is 18.9. The number of ether oxygens (including phenoxy) is 2. The van der Waals surface area contributed by atoms with E-state index in [0.717, 1.165) is 17.1 Å². The van der Waals surface area contributed by atoms with Crippen molar-refractivity contribution in [2.45, 2.75) is 54.0 Å². The summed E-state index contributed by atoms with van der Waals surface area (Å²) in [5.41, 5.74) is 0.343. The van der Waals surface area contributed by atoms with Crippen molar-refractivity contribution in [3.8, 4) is 11.5 Å². The molecular formula is C20H33NO4. The average molecular weight is 351 g/mol. The lowest BCUT2D eigenvalue weighted by molar-refractivity contribution is -0.149. The van der Waals surface area contributed by atoms with Gasteiger partial charge in [0.15, 0.2) is 11.5 Å². The first-order chi connectivity index (χ1) is 11.9. The van der Waals surface area contributed by atoms with Crippen molar-refractivity contribution in [2.75, 3.05) is 19.8 Å². The maximum Gasteiger partial charge on any atom is 0.310 e. The van der Waals surface area contributed by atoms with Crippen LogP contribution in [0.2, 0.25) is 0 Å². The van der Waals surface area contributed by atoms with Crippen LogP contribution in [0.5, 0.6) is 11.5 Å². The van der Waals surface area contributed by atoms with Crippen molar-refractivity contribution in [1.82, 2.24) is 5.32 Å². The van der Waals surface area contributed by atoms with E-state index in [0.29, 0.717) is 45.1 Å². The van der Waals surface area contributed by atoms with Gasteiger partial charge in [0.25, 0.3) is 0 Å². The van der Waals surface area contributed by atoms with Gasteiger partial charge in [0, 0.05) is 13.1 Å². The summed E-state index contributed by atoms with van der Waals surface area (Å²) in [6, 6.07) is 5.88. The summed E-state index contributed by atoms with van der Waals surface area (Å²) in [6.07, 6.45) is 1.22. The molecule has 0 unspecified atom stereocenters. The Kier molecular flexibility index (Phi) is 8.76.